The second-order valence-electron chi connectivity index (χ2n) is 4.90. The van der Waals surface area contributed by atoms with Gasteiger partial charge in [-0.15, -0.1) is 0 Å². The average molecular weight is 252 g/mol. The lowest BCUT2D eigenvalue weighted by Gasteiger charge is -2.24. The van der Waals surface area contributed by atoms with E-state index < -0.39 is 11.6 Å². The molecule has 1 rings (SSSR count). The summed E-state index contributed by atoms with van der Waals surface area (Å²) in [4.78, 5) is 19.6. The molecule has 1 aromatic heterocycles. The molecule has 0 bridgehead atoms. The zero-order valence-electron chi connectivity index (χ0n) is 11.5. The first-order valence-electron chi connectivity index (χ1n) is 6.04. The van der Waals surface area contributed by atoms with Crippen molar-refractivity contribution in [3.63, 3.8) is 0 Å². The molecule has 5 heteroatoms. The van der Waals surface area contributed by atoms with Crippen molar-refractivity contribution in [2.24, 2.45) is 0 Å². The van der Waals surface area contributed by atoms with Gasteiger partial charge in [0.1, 0.15) is 5.60 Å². The predicted octanol–water partition coefficient (Wildman–Crippen LogP) is 2.57. The van der Waals surface area contributed by atoms with Gasteiger partial charge in [0.15, 0.2) is 5.82 Å². The summed E-state index contributed by atoms with van der Waals surface area (Å²) >= 11 is 0. The zero-order valence-corrected chi connectivity index (χ0v) is 11.5. The van der Waals surface area contributed by atoms with Crippen molar-refractivity contribution >= 4 is 5.97 Å². The molecular weight excluding hydrogens is 232 g/mol. The van der Waals surface area contributed by atoms with Crippen LogP contribution in [0.4, 0.5) is 0 Å². The van der Waals surface area contributed by atoms with Crippen molar-refractivity contribution < 1.29 is 14.6 Å². The summed E-state index contributed by atoms with van der Waals surface area (Å²) in [6, 6.07) is 0. The maximum absolute atomic E-state index is 11.1. The number of rotatable bonds is 5. The maximum Gasteiger partial charge on any atom is 0.339 e. The molecule has 0 aliphatic heterocycles. The van der Waals surface area contributed by atoms with Gasteiger partial charge in [0, 0.05) is 12.8 Å². The van der Waals surface area contributed by atoms with Crippen molar-refractivity contribution in [3.05, 3.63) is 23.3 Å². The molecule has 1 N–H and O–H groups in total. The minimum Gasteiger partial charge on any atom is -0.478 e. The van der Waals surface area contributed by atoms with Crippen LogP contribution in [0.5, 0.6) is 0 Å². The number of ether oxygens (including phenoxy) is 1. The molecule has 1 aromatic rings. The van der Waals surface area contributed by atoms with Crippen molar-refractivity contribution in [1.82, 2.24) is 9.97 Å². The van der Waals surface area contributed by atoms with Crippen LogP contribution < -0.4 is 0 Å². The zero-order chi connectivity index (χ0) is 13.9. The fraction of sp³-hybridized carbons (Fsp3) is 0.615. The molecule has 100 valence electrons. The number of hydrogen-bond acceptors (Lipinski definition) is 4. The molecule has 5 nitrogen and oxygen atoms in total. The first kappa shape index (κ1) is 14.6. The Balaban J connectivity index is 3.27. The van der Waals surface area contributed by atoms with Gasteiger partial charge < -0.3 is 9.84 Å². The third-order valence-corrected chi connectivity index (χ3v) is 2.64. The molecule has 0 aliphatic carbocycles. The van der Waals surface area contributed by atoms with Gasteiger partial charge in [-0.1, -0.05) is 13.8 Å². The normalized spacial score (nSPS) is 11.9. The Bertz CT molecular complexity index is 442. The van der Waals surface area contributed by atoms with Crippen LogP contribution in [-0.2, 0) is 10.3 Å². The highest BCUT2D eigenvalue weighted by Gasteiger charge is 2.26. The van der Waals surface area contributed by atoms with Crippen LogP contribution in [0, 0.1) is 0 Å². The number of nitrogens with zero attached hydrogens (tertiary/aromatic N) is 2. The van der Waals surface area contributed by atoms with Crippen molar-refractivity contribution in [1.29, 1.82) is 0 Å². The van der Waals surface area contributed by atoms with E-state index in [2.05, 4.69) is 9.97 Å². The fourth-order valence-electron chi connectivity index (χ4n) is 1.72. The largest absolute Gasteiger partial charge is 0.478 e. The molecule has 0 aromatic carbocycles. The predicted molar refractivity (Wildman–Crippen MR) is 67.7 cm³/mol. The molecule has 0 saturated heterocycles. The van der Waals surface area contributed by atoms with E-state index in [0.717, 1.165) is 0 Å². The molecule has 0 saturated carbocycles. The van der Waals surface area contributed by atoms with Crippen LogP contribution in [0.1, 0.15) is 62.4 Å². The first-order chi connectivity index (χ1) is 8.29. The third kappa shape index (κ3) is 3.04. The Hall–Kier alpha value is -1.49. The highest BCUT2D eigenvalue weighted by molar-refractivity contribution is 5.88. The lowest BCUT2D eigenvalue weighted by atomic mass is 10.0. The monoisotopic (exact) mass is 252 g/mol. The van der Waals surface area contributed by atoms with E-state index >= 15 is 0 Å². The highest BCUT2D eigenvalue weighted by Crippen LogP contribution is 2.24. The lowest BCUT2D eigenvalue weighted by molar-refractivity contribution is -0.0210. The summed E-state index contributed by atoms with van der Waals surface area (Å²) < 4.78 is 5.58. The number of carbonyl (C=O) groups is 1. The maximum atomic E-state index is 11.1. The van der Waals surface area contributed by atoms with Gasteiger partial charge >= 0.3 is 5.97 Å². The van der Waals surface area contributed by atoms with Gasteiger partial charge in [0.2, 0.25) is 0 Å². The minimum absolute atomic E-state index is 0.0234. The van der Waals surface area contributed by atoms with Gasteiger partial charge in [0.25, 0.3) is 0 Å². The molecule has 0 fully saturated rings. The smallest absolute Gasteiger partial charge is 0.339 e. The molecule has 0 aliphatic rings. The lowest BCUT2D eigenvalue weighted by Crippen LogP contribution is -2.26. The average Bonchev–Trinajstić information content (AvgIpc) is 2.27. The van der Waals surface area contributed by atoms with E-state index in [1.54, 1.807) is 0 Å². The Kier molecular flexibility index (Phi) is 4.40. The van der Waals surface area contributed by atoms with Gasteiger partial charge in [0.05, 0.1) is 11.3 Å². The fourth-order valence-corrected chi connectivity index (χ4v) is 1.72. The van der Waals surface area contributed by atoms with Crippen molar-refractivity contribution in [2.75, 3.05) is 6.61 Å². The third-order valence-electron chi connectivity index (χ3n) is 2.64. The first-order valence-corrected chi connectivity index (χ1v) is 6.04. The van der Waals surface area contributed by atoms with E-state index in [-0.39, 0.29) is 11.5 Å². The summed E-state index contributed by atoms with van der Waals surface area (Å²) in [5, 5.41) is 9.10. The van der Waals surface area contributed by atoms with Crippen LogP contribution in [0.2, 0.25) is 0 Å². The molecule has 0 radical (unpaired) electrons. The van der Waals surface area contributed by atoms with E-state index in [0.29, 0.717) is 18.1 Å². The van der Waals surface area contributed by atoms with E-state index in [9.17, 15) is 4.79 Å². The topological polar surface area (TPSA) is 72.3 Å². The van der Waals surface area contributed by atoms with Crippen LogP contribution >= 0.6 is 0 Å². The summed E-state index contributed by atoms with van der Waals surface area (Å²) in [6.07, 6.45) is 1.36. The number of aromatic carboxylic acids is 1. The Morgan fingerprint density at radius 1 is 1.50 bits per heavy atom. The van der Waals surface area contributed by atoms with Crippen LogP contribution in [0.15, 0.2) is 6.20 Å². The minimum atomic E-state index is -1.00. The summed E-state index contributed by atoms with van der Waals surface area (Å²) in [7, 11) is 0. The van der Waals surface area contributed by atoms with Crippen LogP contribution in [-0.4, -0.2) is 27.7 Å². The summed E-state index contributed by atoms with van der Waals surface area (Å²) in [5.41, 5.74) is 0.0800. The number of hydrogen-bond donors (Lipinski definition) is 1. The Morgan fingerprint density at radius 2 is 2.11 bits per heavy atom. The number of aromatic nitrogens is 2. The molecule has 0 atom stereocenters. The standard InChI is InChI=1S/C13H20N2O3/c1-6-18-13(4,5)12-14-7-9(11(16)17)10(15-12)8(2)3/h7-8H,6H2,1-5H3,(H,16,17). The van der Waals surface area contributed by atoms with Gasteiger partial charge in [-0.05, 0) is 26.7 Å². The molecule has 0 spiro atoms. The molecule has 1 heterocycles. The second-order valence-corrected chi connectivity index (χ2v) is 4.90. The quantitative estimate of drug-likeness (QED) is 0.871. The molecule has 18 heavy (non-hydrogen) atoms. The highest BCUT2D eigenvalue weighted by atomic mass is 16.5. The Morgan fingerprint density at radius 3 is 2.56 bits per heavy atom. The summed E-state index contributed by atoms with van der Waals surface area (Å²) in [6.45, 7) is 10.0. The second kappa shape index (κ2) is 5.44. The SMILES string of the molecule is CCOC(C)(C)c1ncc(C(=O)O)c(C(C)C)n1. The van der Waals surface area contributed by atoms with E-state index in [1.165, 1.54) is 6.20 Å². The number of carboxylic acids is 1. The van der Waals surface area contributed by atoms with Crippen molar-refractivity contribution in [2.45, 2.75) is 46.1 Å². The van der Waals surface area contributed by atoms with Crippen LogP contribution in [0.25, 0.3) is 0 Å². The van der Waals surface area contributed by atoms with E-state index in [4.69, 9.17) is 9.84 Å². The van der Waals surface area contributed by atoms with Crippen LogP contribution in [0.3, 0.4) is 0 Å². The number of carboxylic acid groups (broad SMARTS) is 1. The van der Waals surface area contributed by atoms with Gasteiger partial charge in [-0.3, -0.25) is 0 Å². The van der Waals surface area contributed by atoms with Gasteiger partial charge in [-0.25, -0.2) is 14.8 Å². The summed E-state index contributed by atoms with van der Waals surface area (Å²) in [5.74, 6) is -0.465. The molecule has 0 amide bonds. The van der Waals surface area contributed by atoms with E-state index in [1.807, 2.05) is 34.6 Å². The molecule has 0 unspecified atom stereocenters. The van der Waals surface area contributed by atoms with Crippen molar-refractivity contribution in [3.8, 4) is 0 Å². The Labute approximate surface area is 107 Å². The molecular formula is C13H20N2O3. The van der Waals surface area contributed by atoms with Gasteiger partial charge in [-0.2, -0.15) is 0 Å².